The molecule has 0 aliphatic heterocycles. The van der Waals surface area contributed by atoms with E-state index in [1.54, 1.807) is 5.48 Å². The summed E-state index contributed by atoms with van der Waals surface area (Å²) in [6.45, 7) is 0. The predicted molar refractivity (Wildman–Crippen MR) is 48.7 cm³/mol. The summed E-state index contributed by atoms with van der Waals surface area (Å²) in [5, 5.41) is 8.23. The van der Waals surface area contributed by atoms with Gasteiger partial charge >= 0.3 is 5.97 Å². The first-order chi connectivity index (χ1) is 6.77. The van der Waals surface area contributed by atoms with Crippen molar-refractivity contribution in [3.05, 3.63) is 23.9 Å². The Hall–Kier alpha value is -1.95. The van der Waals surface area contributed by atoms with E-state index in [0.717, 1.165) is 6.34 Å². The van der Waals surface area contributed by atoms with Crippen LogP contribution in [0.4, 0.5) is 5.82 Å². The summed E-state index contributed by atoms with van der Waals surface area (Å²) in [4.78, 5) is 18.6. The van der Waals surface area contributed by atoms with Gasteiger partial charge in [0.25, 0.3) is 0 Å². The Kier molecular flexibility index (Phi) is 3.57. The molecule has 74 valence electrons. The summed E-state index contributed by atoms with van der Waals surface area (Å²) < 4.78 is 4.51. The van der Waals surface area contributed by atoms with E-state index in [2.05, 4.69) is 14.7 Å². The van der Waals surface area contributed by atoms with Crippen LogP contribution in [0, 0.1) is 0 Å². The lowest BCUT2D eigenvalue weighted by molar-refractivity contribution is 0.0600. The van der Waals surface area contributed by atoms with Gasteiger partial charge in [-0.1, -0.05) is 0 Å². The summed E-state index contributed by atoms with van der Waals surface area (Å²) in [7, 11) is 1.29. The number of aromatic nitrogens is 1. The van der Waals surface area contributed by atoms with Crippen LogP contribution in [0.5, 0.6) is 0 Å². The van der Waals surface area contributed by atoms with Crippen molar-refractivity contribution in [1.82, 2.24) is 10.5 Å². The summed E-state index contributed by atoms with van der Waals surface area (Å²) in [6.07, 6.45) is 2.47. The van der Waals surface area contributed by atoms with Crippen molar-refractivity contribution in [1.29, 1.82) is 0 Å². The zero-order valence-electron chi connectivity index (χ0n) is 7.47. The van der Waals surface area contributed by atoms with Crippen LogP contribution in [0.15, 0.2) is 23.3 Å². The number of ether oxygens (including phenoxy) is 1. The monoisotopic (exact) mass is 195 g/mol. The molecule has 0 unspecified atom stereocenters. The van der Waals surface area contributed by atoms with E-state index in [9.17, 15) is 4.79 Å². The topological polar surface area (TPSA) is 83.8 Å². The van der Waals surface area contributed by atoms with Crippen LogP contribution in [-0.2, 0) is 4.74 Å². The quantitative estimate of drug-likeness (QED) is 0.317. The average molecular weight is 195 g/mol. The molecule has 0 spiro atoms. The number of hydrogen-bond donors (Lipinski definition) is 2. The Balaban J connectivity index is 2.89. The molecule has 0 fully saturated rings. The lowest BCUT2D eigenvalue weighted by Crippen LogP contribution is -2.02. The SMILES string of the molecule is COC(=O)c1ccnc(N=CNO)c1. The highest BCUT2D eigenvalue weighted by Crippen LogP contribution is 2.09. The van der Waals surface area contributed by atoms with Gasteiger partial charge in [-0.3, -0.25) is 10.7 Å². The van der Waals surface area contributed by atoms with E-state index >= 15 is 0 Å². The molecular formula is C8H9N3O3. The summed E-state index contributed by atoms with van der Waals surface area (Å²) in [5.74, 6) is -0.157. The van der Waals surface area contributed by atoms with Gasteiger partial charge in [0, 0.05) is 6.20 Å². The third-order valence-corrected chi connectivity index (χ3v) is 1.42. The highest BCUT2D eigenvalue weighted by Gasteiger charge is 2.05. The van der Waals surface area contributed by atoms with E-state index in [-0.39, 0.29) is 0 Å². The minimum Gasteiger partial charge on any atom is -0.465 e. The molecule has 0 atom stereocenters. The Morgan fingerprint density at radius 1 is 1.79 bits per heavy atom. The fraction of sp³-hybridized carbons (Fsp3) is 0.125. The molecule has 0 radical (unpaired) electrons. The van der Waals surface area contributed by atoms with Gasteiger partial charge < -0.3 is 4.74 Å². The van der Waals surface area contributed by atoms with E-state index in [1.165, 1.54) is 25.4 Å². The second-order valence-electron chi connectivity index (χ2n) is 2.28. The third kappa shape index (κ3) is 2.53. The van der Waals surface area contributed by atoms with Crippen LogP contribution in [-0.4, -0.2) is 29.6 Å². The first kappa shape index (κ1) is 10.1. The van der Waals surface area contributed by atoms with Gasteiger partial charge in [-0.25, -0.2) is 14.8 Å². The van der Waals surface area contributed by atoms with Crippen LogP contribution in [0.3, 0.4) is 0 Å². The fourth-order valence-corrected chi connectivity index (χ4v) is 0.829. The van der Waals surface area contributed by atoms with Crippen LogP contribution in [0.2, 0.25) is 0 Å². The van der Waals surface area contributed by atoms with Gasteiger partial charge in [-0.05, 0) is 12.1 Å². The number of aliphatic imine (C=N–C) groups is 1. The minimum absolute atomic E-state index is 0.300. The molecule has 0 aliphatic carbocycles. The van der Waals surface area contributed by atoms with Gasteiger partial charge in [0.2, 0.25) is 0 Å². The second kappa shape index (κ2) is 4.93. The zero-order valence-corrected chi connectivity index (χ0v) is 7.47. The maximum atomic E-state index is 11.1. The third-order valence-electron chi connectivity index (χ3n) is 1.42. The zero-order chi connectivity index (χ0) is 10.4. The van der Waals surface area contributed by atoms with Crippen LogP contribution in [0.25, 0.3) is 0 Å². The van der Waals surface area contributed by atoms with E-state index in [4.69, 9.17) is 5.21 Å². The highest BCUT2D eigenvalue weighted by atomic mass is 16.5. The number of esters is 1. The van der Waals surface area contributed by atoms with Crippen molar-refractivity contribution in [2.24, 2.45) is 4.99 Å². The van der Waals surface area contributed by atoms with Crippen LogP contribution >= 0.6 is 0 Å². The predicted octanol–water partition coefficient (Wildman–Crippen LogP) is 0.507. The number of hydroxylamine groups is 1. The number of nitrogens with one attached hydrogen (secondary N) is 1. The molecule has 0 saturated carbocycles. The molecule has 0 aromatic carbocycles. The smallest absolute Gasteiger partial charge is 0.338 e. The van der Waals surface area contributed by atoms with Gasteiger partial charge in [0.15, 0.2) is 5.82 Å². The van der Waals surface area contributed by atoms with Crippen LogP contribution in [0.1, 0.15) is 10.4 Å². The minimum atomic E-state index is -0.458. The van der Waals surface area contributed by atoms with Crippen molar-refractivity contribution in [3.63, 3.8) is 0 Å². The van der Waals surface area contributed by atoms with Crippen molar-refractivity contribution in [2.75, 3.05) is 7.11 Å². The van der Waals surface area contributed by atoms with Gasteiger partial charge in [0.1, 0.15) is 6.34 Å². The molecule has 6 heteroatoms. The van der Waals surface area contributed by atoms with Crippen molar-refractivity contribution < 1.29 is 14.7 Å². The van der Waals surface area contributed by atoms with E-state index in [1.807, 2.05) is 0 Å². The second-order valence-corrected chi connectivity index (χ2v) is 2.28. The number of methoxy groups -OCH3 is 1. The normalized spacial score (nSPS) is 10.1. The van der Waals surface area contributed by atoms with Crippen molar-refractivity contribution in [2.45, 2.75) is 0 Å². The standard InChI is InChI=1S/C8H9N3O3/c1-14-8(12)6-2-3-9-7(4-6)10-5-11-13/h2-5,13H,1H3,(H,9,10,11). The maximum Gasteiger partial charge on any atom is 0.338 e. The Morgan fingerprint density at radius 2 is 2.57 bits per heavy atom. The number of pyridine rings is 1. The number of rotatable bonds is 3. The molecule has 1 rings (SSSR count). The van der Waals surface area contributed by atoms with E-state index in [0.29, 0.717) is 11.4 Å². The van der Waals surface area contributed by atoms with Gasteiger partial charge in [0.05, 0.1) is 12.7 Å². The summed E-state index contributed by atoms with van der Waals surface area (Å²) in [5.41, 5.74) is 2.09. The largest absolute Gasteiger partial charge is 0.465 e. The number of carbonyl (C=O) groups excluding carboxylic acids is 1. The van der Waals surface area contributed by atoms with Crippen LogP contribution < -0.4 is 5.48 Å². The Morgan fingerprint density at radius 3 is 3.21 bits per heavy atom. The average Bonchev–Trinajstić information content (AvgIpc) is 2.25. The first-order valence-electron chi connectivity index (χ1n) is 3.74. The molecule has 0 amide bonds. The summed E-state index contributed by atoms with van der Waals surface area (Å²) >= 11 is 0. The molecule has 6 nitrogen and oxygen atoms in total. The summed E-state index contributed by atoms with van der Waals surface area (Å²) in [6, 6.07) is 2.96. The molecular weight excluding hydrogens is 186 g/mol. The Labute approximate surface area is 80.2 Å². The molecule has 0 saturated heterocycles. The van der Waals surface area contributed by atoms with Gasteiger partial charge in [-0.15, -0.1) is 0 Å². The first-order valence-corrected chi connectivity index (χ1v) is 3.74. The number of carbonyl (C=O) groups is 1. The lowest BCUT2D eigenvalue weighted by Gasteiger charge is -1.98. The maximum absolute atomic E-state index is 11.1. The number of nitrogens with zero attached hydrogens (tertiary/aromatic N) is 2. The fourth-order valence-electron chi connectivity index (χ4n) is 0.829. The molecule has 1 aromatic rings. The molecule has 0 bridgehead atoms. The van der Waals surface area contributed by atoms with E-state index < -0.39 is 5.97 Å². The highest BCUT2D eigenvalue weighted by molar-refractivity contribution is 5.89. The Bertz CT molecular complexity index is 351. The molecule has 14 heavy (non-hydrogen) atoms. The molecule has 1 aromatic heterocycles. The number of hydrogen-bond acceptors (Lipinski definition) is 5. The molecule has 1 heterocycles. The van der Waals surface area contributed by atoms with Crippen molar-refractivity contribution in [3.8, 4) is 0 Å². The van der Waals surface area contributed by atoms with Gasteiger partial charge in [-0.2, -0.15) is 0 Å². The van der Waals surface area contributed by atoms with Crippen molar-refractivity contribution >= 4 is 18.1 Å². The molecule has 0 aliphatic rings. The molecule has 2 N–H and O–H groups in total. The lowest BCUT2D eigenvalue weighted by atomic mass is 10.3.